The minimum Gasteiger partial charge on any atom is -0.445 e. The van der Waals surface area contributed by atoms with Crippen molar-refractivity contribution in [3.63, 3.8) is 0 Å². The molecule has 2 unspecified atom stereocenters. The number of hydrogen-bond acceptors (Lipinski definition) is 4. The summed E-state index contributed by atoms with van der Waals surface area (Å²) in [4.78, 5) is 31.1. The van der Waals surface area contributed by atoms with E-state index in [1.165, 1.54) is 12.1 Å². The van der Waals surface area contributed by atoms with Crippen LogP contribution in [-0.2, 0) is 11.3 Å². The van der Waals surface area contributed by atoms with Gasteiger partial charge in [-0.2, -0.15) is 4.39 Å². The molecular weight excluding hydrogens is 359 g/mol. The molecule has 2 aromatic rings. The molecule has 2 fully saturated rings. The van der Waals surface area contributed by atoms with E-state index in [0.29, 0.717) is 12.8 Å². The van der Waals surface area contributed by atoms with Crippen molar-refractivity contribution >= 4 is 11.9 Å². The molecule has 0 aliphatic carbocycles. The quantitative estimate of drug-likeness (QED) is 0.582. The van der Waals surface area contributed by atoms with Gasteiger partial charge in [-0.3, -0.25) is 4.79 Å². The molecule has 0 spiro atoms. The summed E-state index contributed by atoms with van der Waals surface area (Å²) in [6, 6.07) is 13.9. The van der Waals surface area contributed by atoms with Gasteiger partial charge in [0.1, 0.15) is 12.3 Å². The molecule has 0 N–H and O–H groups in total. The van der Waals surface area contributed by atoms with Gasteiger partial charge in [0.2, 0.25) is 5.95 Å². The van der Waals surface area contributed by atoms with Crippen LogP contribution in [-0.4, -0.2) is 33.8 Å². The highest BCUT2D eigenvalue weighted by molar-refractivity contribution is 5.96. The summed E-state index contributed by atoms with van der Waals surface area (Å²) in [7, 11) is 0. The number of rotatable bonds is 4. The lowest BCUT2D eigenvalue weighted by molar-refractivity contribution is 0.00462. The summed E-state index contributed by atoms with van der Waals surface area (Å²) in [5, 5.41) is 0. The van der Waals surface area contributed by atoms with E-state index in [1.54, 1.807) is 6.07 Å². The van der Waals surface area contributed by atoms with E-state index >= 15 is 0 Å². The third-order valence-corrected chi connectivity index (χ3v) is 5.73. The number of aromatic nitrogens is 1. The van der Waals surface area contributed by atoms with Gasteiger partial charge in [0.15, 0.2) is 5.78 Å². The molecule has 1 aromatic heterocycles. The largest absolute Gasteiger partial charge is 0.445 e. The Balaban J connectivity index is 1.43. The van der Waals surface area contributed by atoms with Crippen LogP contribution in [0.1, 0.15) is 48.2 Å². The van der Waals surface area contributed by atoms with Crippen LogP contribution in [0.15, 0.2) is 48.5 Å². The summed E-state index contributed by atoms with van der Waals surface area (Å²) in [5.74, 6) is -1.01. The second-order valence-corrected chi connectivity index (χ2v) is 7.56. The zero-order valence-electron chi connectivity index (χ0n) is 15.6. The highest BCUT2D eigenvalue weighted by Crippen LogP contribution is 2.38. The first-order valence-corrected chi connectivity index (χ1v) is 9.77. The number of piperidine rings is 2. The fraction of sp³-hybridized carbons (Fsp3) is 0.409. The standard InChI is InChI=1S/C22H23FN2O3/c23-20-11-5-10-19(24-20)21(26)16-12-17-8-4-9-18(13-16)25(17)22(27)28-14-15-6-2-1-3-7-15/h1-3,5-7,10-11,16-18H,4,8-9,12-14H2. The molecule has 1 aromatic carbocycles. The van der Waals surface area contributed by atoms with Crippen molar-refractivity contribution in [2.24, 2.45) is 5.92 Å². The number of nitrogens with zero attached hydrogens (tertiary/aromatic N) is 2. The third-order valence-electron chi connectivity index (χ3n) is 5.73. The molecule has 0 radical (unpaired) electrons. The Labute approximate surface area is 163 Å². The van der Waals surface area contributed by atoms with Crippen LogP contribution in [0.25, 0.3) is 0 Å². The van der Waals surface area contributed by atoms with E-state index in [1.807, 2.05) is 35.2 Å². The van der Waals surface area contributed by atoms with E-state index in [2.05, 4.69) is 4.98 Å². The van der Waals surface area contributed by atoms with Gasteiger partial charge in [0, 0.05) is 18.0 Å². The van der Waals surface area contributed by atoms with Crippen molar-refractivity contribution in [1.82, 2.24) is 9.88 Å². The van der Waals surface area contributed by atoms with Crippen molar-refractivity contribution in [2.75, 3.05) is 0 Å². The van der Waals surface area contributed by atoms with E-state index in [-0.39, 0.29) is 42.2 Å². The number of amides is 1. The zero-order valence-corrected chi connectivity index (χ0v) is 15.6. The first kappa shape index (κ1) is 18.6. The average molecular weight is 382 g/mol. The molecule has 2 aliphatic rings. The number of ether oxygens (including phenoxy) is 1. The lowest BCUT2D eigenvalue weighted by Crippen LogP contribution is -2.55. The number of halogens is 1. The van der Waals surface area contributed by atoms with Gasteiger partial charge in [-0.1, -0.05) is 36.4 Å². The van der Waals surface area contributed by atoms with Crippen molar-refractivity contribution < 1.29 is 18.7 Å². The molecule has 0 saturated carbocycles. The Morgan fingerprint density at radius 2 is 1.75 bits per heavy atom. The van der Waals surface area contributed by atoms with Crippen LogP contribution in [0.2, 0.25) is 0 Å². The number of pyridine rings is 1. The second kappa shape index (κ2) is 8.09. The summed E-state index contributed by atoms with van der Waals surface area (Å²) in [5.41, 5.74) is 1.12. The fourth-order valence-corrected chi connectivity index (χ4v) is 4.44. The number of benzene rings is 1. The van der Waals surface area contributed by atoms with Crippen LogP contribution < -0.4 is 0 Å². The smallest absolute Gasteiger partial charge is 0.410 e. The predicted molar refractivity (Wildman–Crippen MR) is 101 cm³/mol. The van der Waals surface area contributed by atoms with Crippen LogP contribution >= 0.6 is 0 Å². The molecule has 2 bridgehead atoms. The van der Waals surface area contributed by atoms with Crippen molar-refractivity contribution in [1.29, 1.82) is 0 Å². The molecule has 1 amide bonds. The fourth-order valence-electron chi connectivity index (χ4n) is 4.44. The molecule has 2 atom stereocenters. The Morgan fingerprint density at radius 1 is 1.04 bits per heavy atom. The van der Waals surface area contributed by atoms with Crippen LogP contribution in [0.4, 0.5) is 9.18 Å². The van der Waals surface area contributed by atoms with E-state index < -0.39 is 5.95 Å². The molecule has 146 valence electrons. The Bertz CT molecular complexity index is 844. The highest BCUT2D eigenvalue weighted by Gasteiger charge is 2.44. The van der Waals surface area contributed by atoms with Crippen molar-refractivity contribution in [3.05, 3.63) is 65.7 Å². The summed E-state index contributed by atoms with van der Waals surface area (Å²) in [6.07, 6.45) is 3.60. The minimum atomic E-state index is -0.645. The van der Waals surface area contributed by atoms with E-state index in [0.717, 1.165) is 24.8 Å². The molecule has 28 heavy (non-hydrogen) atoms. The average Bonchev–Trinajstić information content (AvgIpc) is 2.71. The Hall–Kier alpha value is -2.76. The SMILES string of the molecule is O=C(c1cccc(F)n1)C1CC2CCCC(C1)N2C(=O)OCc1ccccc1. The third kappa shape index (κ3) is 3.91. The summed E-state index contributed by atoms with van der Waals surface area (Å²) < 4.78 is 18.9. The number of ketones is 1. The topological polar surface area (TPSA) is 59.5 Å². The van der Waals surface area contributed by atoms with Gasteiger partial charge in [-0.15, -0.1) is 0 Å². The lowest BCUT2D eigenvalue weighted by Gasteiger charge is -2.47. The highest BCUT2D eigenvalue weighted by atomic mass is 19.1. The first-order chi connectivity index (χ1) is 13.6. The van der Waals surface area contributed by atoms with Crippen molar-refractivity contribution in [3.8, 4) is 0 Å². The number of hydrogen-bond donors (Lipinski definition) is 0. The van der Waals surface area contributed by atoms with Gasteiger partial charge in [0.05, 0.1) is 0 Å². The number of carbonyl (C=O) groups is 2. The van der Waals surface area contributed by atoms with Gasteiger partial charge in [0.25, 0.3) is 0 Å². The number of fused-ring (bicyclic) bond motifs is 2. The monoisotopic (exact) mass is 382 g/mol. The number of Topliss-reactive ketones (excluding diaryl/α,β-unsaturated/α-hetero) is 1. The maximum Gasteiger partial charge on any atom is 0.410 e. The molecule has 2 saturated heterocycles. The Kier molecular flexibility index (Phi) is 5.37. The molecular formula is C22H23FN2O3. The lowest BCUT2D eigenvalue weighted by atomic mass is 9.76. The summed E-state index contributed by atoms with van der Waals surface area (Å²) >= 11 is 0. The Morgan fingerprint density at radius 3 is 2.43 bits per heavy atom. The van der Waals surface area contributed by atoms with Gasteiger partial charge in [-0.25, -0.2) is 9.78 Å². The molecule has 4 rings (SSSR count). The van der Waals surface area contributed by atoms with E-state index in [9.17, 15) is 14.0 Å². The van der Waals surface area contributed by atoms with Crippen LogP contribution in [0.3, 0.4) is 0 Å². The molecule has 6 heteroatoms. The van der Waals surface area contributed by atoms with Gasteiger partial charge in [-0.05, 0) is 49.8 Å². The molecule has 3 heterocycles. The van der Waals surface area contributed by atoms with Crippen LogP contribution in [0, 0.1) is 11.9 Å². The molecule has 5 nitrogen and oxygen atoms in total. The van der Waals surface area contributed by atoms with Crippen molar-refractivity contribution in [2.45, 2.75) is 50.8 Å². The van der Waals surface area contributed by atoms with Gasteiger partial charge < -0.3 is 9.64 Å². The maximum atomic E-state index is 13.4. The predicted octanol–water partition coefficient (Wildman–Crippen LogP) is 4.37. The maximum absolute atomic E-state index is 13.4. The normalized spacial score (nSPS) is 23.9. The second-order valence-electron chi connectivity index (χ2n) is 7.56. The van der Waals surface area contributed by atoms with E-state index in [4.69, 9.17) is 4.74 Å². The summed E-state index contributed by atoms with van der Waals surface area (Å²) in [6.45, 7) is 0.241. The zero-order chi connectivity index (χ0) is 19.5. The first-order valence-electron chi connectivity index (χ1n) is 9.77. The number of carbonyl (C=O) groups excluding carboxylic acids is 2. The minimum absolute atomic E-state index is 0.0155. The van der Waals surface area contributed by atoms with Crippen LogP contribution in [0.5, 0.6) is 0 Å². The van der Waals surface area contributed by atoms with Gasteiger partial charge >= 0.3 is 6.09 Å². The molecule has 2 aliphatic heterocycles.